The van der Waals surface area contributed by atoms with Crippen LogP contribution in [-0.4, -0.2) is 4.98 Å². The van der Waals surface area contributed by atoms with Crippen LogP contribution in [0.25, 0.3) is 85.2 Å². The monoisotopic (exact) mass is 726 g/mol. The van der Waals surface area contributed by atoms with Gasteiger partial charge in [0.2, 0.25) is 0 Å². The maximum Gasteiger partial charge on any atom is 0.137 e. The number of thiazole rings is 1. The third kappa shape index (κ3) is 5.20. The van der Waals surface area contributed by atoms with E-state index in [1.807, 2.05) is 23.5 Å². The maximum atomic E-state index is 6.36. The number of nitrogens with zero attached hydrogens (tertiary/aromatic N) is 2. The number of fused-ring (bicyclic) bond motifs is 8. The number of para-hydroxylation sites is 1. The van der Waals surface area contributed by atoms with Gasteiger partial charge in [0.1, 0.15) is 16.2 Å². The summed E-state index contributed by atoms with van der Waals surface area (Å²) in [6.07, 6.45) is 0. The van der Waals surface area contributed by atoms with Crippen molar-refractivity contribution in [2.75, 3.05) is 4.90 Å². The smallest absolute Gasteiger partial charge is 0.137 e. The van der Waals surface area contributed by atoms with Crippen LogP contribution in [0.1, 0.15) is 0 Å². The van der Waals surface area contributed by atoms with Gasteiger partial charge in [0.25, 0.3) is 0 Å². The molecule has 3 nitrogen and oxygen atoms in total. The fourth-order valence-electron chi connectivity index (χ4n) is 7.70. The zero-order chi connectivity index (χ0) is 35.6. The lowest BCUT2D eigenvalue weighted by atomic mass is 10.0. The first kappa shape index (κ1) is 31.0. The topological polar surface area (TPSA) is 29.3 Å². The van der Waals surface area contributed by atoms with Gasteiger partial charge in [0.15, 0.2) is 0 Å². The number of anilines is 3. The molecule has 0 aliphatic heterocycles. The van der Waals surface area contributed by atoms with Crippen molar-refractivity contribution >= 4 is 92.1 Å². The number of benzene rings is 8. The van der Waals surface area contributed by atoms with Crippen LogP contribution in [0, 0.1) is 0 Å². The average molecular weight is 727 g/mol. The van der Waals surface area contributed by atoms with Crippen LogP contribution in [0.3, 0.4) is 0 Å². The van der Waals surface area contributed by atoms with Gasteiger partial charge in [0.05, 0.1) is 10.2 Å². The van der Waals surface area contributed by atoms with Gasteiger partial charge in [-0.05, 0) is 89.0 Å². The molecule has 0 unspecified atom stereocenters. The van der Waals surface area contributed by atoms with E-state index in [2.05, 4.69) is 175 Å². The van der Waals surface area contributed by atoms with E-state index in [1.54, 1.807) is 11.3 Å². The normalized spacial score (nSPS) is 11.7. The largest absolute Gasteiger partial charge is 0.456 e. The molecule has 0 amide bonds. The van der Waals surface area contributed by atoms with Crippen molar-refractivity contribution < 1.29 is 4.42 Å². The molecule has 11 rings (SSSR count). The number of thiophene rings is 1. The third-order valence-electron chi connectivity index (χ3n) is 10.3. The van der Waals surface area contributed by atoms with E-state index >= 15 is 0 Å². The fourth-order valence-corrected chi connectivity index (χ4v) is 9.76. The zero-order valence-electron chi connectivity index (χ0n) is 28.9. The molecule has 3 aromatic heterocycles. The van der Waals surface area contributed by atoms with E-state index in [1.165, 1.54) is 47.1 Å². The van der Waals surface area contributed by atoms with E-state index < -0.39 is 0 Å². The van der Waals surface area contributed by atoms with Gasteiger partial charge in [-0.15, -0.1) is 22.7 Å². The molecule has 54 heavy (non-hydrogen) atoms. The van der Waals surface area contributed by atoms with E-state index in [-0.39, 0.29) is 0 Å². The lowest BCUT2D eigenvalue weighted by molar-refractivity contribution is 0.669. The molecule has 5 heteroatoms. The Morgan fingerprint density at radius 2 is 1.02 bits per heavy atom. The predicted octanol–water partition coefficient (Wildman–Crippen LogP) is 15.0. The minimum absolute atomic E-state index is 0.871. The van der Waals surface area contributed by atoms with Crippen molar-refractivity contribution in [3.05, 3.63) is 182 Å². The Hall–Kier alpha value is -6.53. The molecule has 0 radical (unpaired) electrons. The second-order valence-corrected chi connectivity index (χ2v) is 15.7. The third-order valence-corrected chi connectivity index (χ3v) is 12.5. The molecule has 254 valence electrons. The summed E-state index contributed by atoms with van der Waals surface area (Å²) in [6, 6.07) is 64.9. The summed E-state index contributed by atoms with van der Waals surface area (Å²) in [6.45, 7) is 0. The van der Waals surface area contributed by atoms with Crippen LogP contribution in [0.15, 0.2) is 186 Å². The minimum atomic E-state index is 0.871. The van der Waals surface area contributed by atoms with Crippen molar-refractivity contribution in [1.29, 1.82) is 0 Å². The summed E-state index contributed by atoms with van der Waals surface area (Å²) in [7, 11) is 0. The number of hydrogen-bond acceptors (Lipinski definition) is 5. The molecule has 8 aromatic carbocycles. The Morgan fingerprint density at radius 3 is 1.87 bits per heavy atom. The lowest BCUT2D eigenvalue weighted by Gasteiger charge is -2.26. The van der Waals surface area contributed by atoms with Crippen molar-refractivity contribution in [2.45, 2.75) is 0 Å². The maximum absolute atomic E-state index is 6.36. The molecule has 0 fully saturated rings. The van der Waals surface area contributed by atoms with Gasteiger partial charge < -0.3 is 9.32 Å². The molecule has 0 saturated heterocycles. The van der Waals surface area contributed by atoms with Crippen LogP contribution >= 0.6 is 22.7 Å². The fraction of sp³-hybridized carbons (Fsp3) is 0. The van der Waals surface area contributed by atoms with E-state index in [0.29, 0.717) is 0 Å². The number of aromatic nitrogens is 1. The first-order valence-corrected chi connectivity index (χ1v) is 19.7. The van der Waals surface area contributed by atoms with Gasteiger partial charge in [-0.2, -0.15) is 0 Å². The highest BCUT2D eigenvalue weighted by molar-refractivity contribution is 7.26. The second-order valence-electron chi connectivity index (χ2n) is 13.6. The van der Waals surface area contributed by atoms with Crippen molar-refractivity contribution in [1.82, 2.24) is 4.98 Å². The van der Waals surface area contributed by atoms with Crippen LogP contribution in [0.5, 0.6) is 0 Å². The molecule has 0 bridgehead atoms. The molecule has 3 heterocycles. The first-order valence-electron chi connectivity index (χ1n) is 18.0. The summed E-state index contributed by atoms with van der Waals surface area (Å²) < 4.78 is 10.1. The highest BCUT2D eigenvalue weighted by atomic mass is 32.1. The standard InChI is InChI=1S/C49H30N2OS2/c1-3-10-31(11-4-1)34-14-9-15-37(28-34)51(38-23-24-40-39-16-7-8-17-42(39)52-43(40)30-38)36-21-18-32(19-22-36)35-20-25-44-41(29-35)47-45(53-44)26-27-46-48(47)50-49(54-46)33-12-5-2-6-13-33/h1-30H. The van der Waals surface area contributed by atoms with Crippen LogP contribution in [0.4, 0.5) is 17.1 Å². The summed E-state index contributed by atoms with van der Waals surface area (Å²) >= 11 is 3.60. The van der Waals surface area contributed by atoms with Gasteiger partial charge in [0, 0.05) is 59.6 Å². The molecule has 0 atom stereocenters. The second kappa shape index (κ2) is 12.6. The number of furan rings is 1. The summed E-state index contributed by atoms with van der Waals surface area (Å²) in [4.78, 5) is 7.52. The van der Waals surface area contributed by atoms with E-state index in [0.717, 1.165) is 55.1 Å². The number of rotatable bonds is 6. The summed E-state index contributed by atoms with van der Waals surface area (Å²) in [5, 5.41) is 5.80. The highest BCUT2D eigenvalue weighted by Crippen LogP contribution is 2.44. The molecular formula is C49H30N2OS2. The first-order chi connectivity index (χ1) is 26.7. The Labute approximate surface area is 319 Å². The van der Waals surface area contributed by atoms with E-state index in [9.17, 15) is 0 Å². The summed E-state index contributed by atoms with van der Waals surface area (Å²) in [5.41, 5.74) is 11.9. The predicted molar refractivity (Wildman–Crippen MR) is 231 cm³/mol. The summed E-state index contributed by atoms with van der Waals surface area (Å²) in [5.74, 6) is 0. The Bertz CT molecular complexity index is 3160. The van der Waals surface area contributed by atoms with Gasteiger partial charge in [-0.1, -0.05) is 109 Å². The lowest BCUT2D eigenvalue weighted by Crippen LogP contribution is -2.10. The van der Waals surface area contributed by atoms with Crippen LogP contribution < -0.4 is 4.90 Å². The minimum Gasteiger partial charge on any atom is -0.456 e. The molecule has 0 spiro atoms. The Balaban J connectivity index is 1.02. The van der Waals surface area contributed by atoms with Crippen LogP contribution in [0.2, 0.25) is 0 Å². The zero-order valence-corrected chi connectivity index (χ0v) is 30.6. The van der Waals surface area contributed by atoms with Crippen molar-refractivity contribution in [2.24, 2.45) is 0 Å². The Kier molecular flexibility index (Phi) is 7.22. The van der Waals surface area contributed by atoms with Gasteiger partial charge in [-0.25, -0.2) is 4.98 Å². The number of hydrogen-bond donors (Lipinski definition) is 0. The Morgan fingerprint density at radius 1 is 0.389 bits per heavy atom. The van der Waals surface area contributed by atoms with Gasteiger partial charge in [-0.3, -0.25) is 0 Å². The molecular weight excluding hydrogens is 697 g/mol. The highest BCUT2D eigenvalue weighted by Gasteiger charge is 2.18. The van der Waals surface area contributed by atoms with E-state index in [4.69, 9.17) is 9.40 Å². The molecule has 0 N–H and O–H groups in total. The van der Waals surface area contributed by atoms with Crippen molar-refractivity contribution in [3.8, 4) is 32.8 Å². The van der Waals surface area contributed by atoms with Crippen LogP contribution in [-0.2, 0) is 0 Å². The van der Waals surface area contributed by atoms with Gasteiger partial charge >= 0.3 is 0 Å². The van der Waals surface area contributed by atoms with Crippen molar-refractivity contribution in [3.63, 3.8) is 0 Å². The molecule has 0 saturated carbocycles. The molecule has 0 aliphatic rings. The SMILES string of the molecule is c1ccc(-c2cccc(N(c3ccc(-c4ccc5sc6ccc7sc(-c8ccccc8)nc7c6c5c4)cc3)c3ccc4c(c3)oc3ccccc34)c2)cc1. The average Bonchev–Trinajstić information content (AvgIpc) is 3.95. The molecule has 11 aromatic rings. The quantitative estimate of drug-likeness (QED) is 0.171. The molecule has 0 aliphatic carbocycles.